The number of nitrogens with zero attached hydrogens (tertiary/aromatic N) is 1. The highest BCUT2D eigenvalue weighted by Gasteiger charge is 2.25. The molecule has 0 radical (unpaired) electrons. The molecule has 3 nitrogen and oxygen atoms in total. The van der Waals surface area contributed by atoms with Crippen LogP contribution in [0.15, 0.2) is 12.3 Å². The Bertz CT molecular complexity index is 329. The monoisotopic (exact) mass is 191 g/mol. The third-order valence-electron chi connectivity index (χ3n) is 2.77. The maximum absolute atomic E-state index is 5.86. The number of rotatable bonds is 2. The van der Waals surface area contributed by atoms with Crippen LogP contribution < -0.4 is 11.1 Å². The van der Waals surface area contributed by atoms with Gasteiger partial charge in [-0.3, -0.25) is 0 Å². The van der Waals surface area contributed by atoms with Crippen LogP contribution in [0.4, 0.5) is 11.5 Å². The quantitative estimate of drug-likeness (QED) is 0.753. The van der Waals surface area contributed by atoms with Gasteiger partial charge in [0.25, 0.3) is 0 Å². The number of pyridine rings is 1. The van der Waals surface area contributed by atoms with E-state index in [-0.39, 0.29) is 0 Å². The zero-order valence-electron chi connectivity index (χ0n) is 8.75. The van der Waals surface area contributed by atoms with Crippen molar-refractivity contribution in [2.75, 3.05) is 11.1 Å². The Hall–Kier alpha value is -1.25. The molecule has 76 valence electrons. The van der Waals surface area contributed by atoms with Crippen molar-refractivity contribution < 1.29 is 0 Å². The van der Waals surface area contributed by atoms with Crippen molar-refractivity contribution in [1.29, 1.82) is 0 Å². The predicted octanol–water partition coefficient (Wildman–Crippen LogP) is 2.18. The topological polar surface area (TPSA) is 50.9 Å². The fourth-order valence-electron chi connectivity index (χ4n) is 1.93. The molecular formula is C11H17N3. The minimum atomic E-state index is 0.572. The molecule has 0 aromatic carbocycles. The molecule has 1 heterocycles. The summed E-state index contributed by atoms with van der Waals surface area (Å²) >= 11 is 0. The average molecular weight is 191 g/mol. The molecule has 0 amide bonds. The molecule has 1 aromatic rings. The maximum atomic E-state index is 5.86. The summed E-state index contributed by atoms with van der Waals surface area (Å²) in [5.41, 5.74) is 7.72. The molecular weight excluding hydrogens is 174 g/mol. The van der Waals surface area contributed by atoms with Crippen LogP contribution in [0.25, 0.3) is 0 Å². The second-order valence-corrected chi connectivity index (χ2v) is 4.37. The molecule has 0 unspecified atom stereocenters. The van der Waals surface area contributed by atoms with Crippen molar-refractivity contribution in [3.8, 4) is 0 Å². The lowest BCUT2D eigenvalue weighted by atomic mass is 9.82. The summed E-state index contributed by atoms with van der Waals surface area (Å²) in [6, 6.07) is 2.53. The molecule has 1 aromatic heterocycles. The van der Waals surface area contributed by atoms with Gasteiger partial charge in [0.15, 0.2) is 0 Å². The molecule has 0 aliphatic heterocycles. The van der Waals surface area contributed by atoms with Crippen LogP contribution in [-0.4, -0.2) is 11.0 Å². The maximum Gasteiger partial charge on any atom is 0.149 e. The molecule has 1 fully saturated rings. The first-order chi connectivity index (χ1) is 6.65. The summed E-state index contributed by atoms with van der Waals surface area (Å²) in [7, 11) is 0. The number of nitrogen functional groups attached to an aromatic ring is 1. The van der Waals surface area contributed by atoms with E-state index in [2.05, 4.69) is 17.2 Å². The van der Waals surface area contributed by atoms with Crippen molar-refractivity contribution in [1.82, 2.24) is 4.98 Å². The van der Waals surface area contributed by atoms with Crippen LogP contribution in [0, 0.1) is 12.8 Å². The zero-order valence-corrected chi connectivity index (χ0v) is 8.75. The Morgan fingerprint density at radius 1 is 1.50 bits per heavy atom. The third-order valence-corrected chi connectivity index (χ3v) is 2.77. The SMILES string of the molecule is Cc1cnc(NC2CC(C)C2)c(N)c1. The lowest BCUT2D eigenvalue weighted by Crippen LogP contribution is -2.34. The summed E-state index contributed by atoms with van der Waals surface area (Å²) in [6.45, 7) is 4.27. The number of nitrogens with two attached hydrogens (primary N) is 1. The minimum Gasteiger partial charge on any atom is -0.396 e. The van der Waals surface area contributed by atoms with Gasteiger partial charge in [-0.05, 0) is 37.3 Å². The minimum absolute atomic E-state index is 0.572. The Morgan fingerprint density at radius 3 is 2.79 bits per heavy atom. The van der Waals surface area contributed by atoms with Crippen LogP contribution in [0.3, 0.4) is 0 Å². The van der Waals surface area contributed by atoms with E-state index in [1.807, 2.05) is 19.2 Å². The van der Waals surface area contributed by atoms with E-state index in [1.54, 1.807) is 0 Å². The van der Waals surface area contributed by atoms with E-state index in [0.717, 1.165) is 23.0 Å². The van der Waals surface area contributed by atoms with Crippen molar-refractivity contribution >= 4 is 11.5 Å². The normalized spacial score (nSPS) is 25.6. The van der Waals surface area contributed by atoms with Gasteiger partial charge in [0, 0.05) is 12.2 Å². The molecule has 14 heavy (non-hydrogen) atoms. The second-order valence-electron chi connectivity index (χ2n) is 4.37. The van der Waals surface area contributed by atoms with Crippen LogP contribution in [0.5, 0.6) is 0 Å². The molecule has 0 spiro atoms. The van der Waals surface area contributed by atoms with Gasteiger partial charge >= 0.3 is 0 Å². The number of hydrogen-bond donors (Lipinski definition) is 2. The molecule has 1 aliphatic carbocycles. The van der Waals surface area contributed by atoms with E-state index < -0.39 is 0 Å². The number of nitrogens with one attached hydrogen (secondary N) is 1. The first-order valence-corrected chi connectivity index (χ1v) is 5.14. The second kappa shape index (κ2) is 3.48. The lowest BCUT2D eigenvalue weighted by Gasteiger charge is -2.33. The first-order valence-electron chi connectivity index (χ1n) is 5.14. The zero-order chi connectivity index (χ0) is 10.1. The summed E-state index contributed by atoms with van der Waals surface area (Å²) < 4.78 is 0. The van der Waals surface area contributed by atoms with Crippen molar-refractivity contribution in [3.63, 3.8) is 0 Å². The number of aromatic nitrogens is 1. The Morgan fingerprint density at radius 2 is 2.21 bits per heavy atom. The first kappa shape index (κ1) is 9.31. The van der Waals surface area contributed by atoms with E-state index in [1.165, 1.54) is 12.8 Å². The summed E-state index contributed by atoms with van der Waals surface area (Å²) in [6.07, 6.45) is 4.31. The lowest BCUT2D eigenvalue weighted by molar-refractivity contribution is 0.308. The van der Waals surface area contributed by atoms with E-state index >= 15 is 0 Å². The summed E-state index contributed by atoms with van der Waals surface area (Å²) in [4.78, 5) is 4.29. The highest BCUT2D eigenvalue weighted by molar-refractivity contribution is 5.62. The van der Waals surface area contributed by atoms with Gasteiger partial charge in [0.05, 0.1) is 5.69 Å². The van der Waals surface area contributed by atoms with Crippen LogP contribution in [0.2, 0.25) is 0 Å². The molecule has 0 saturated heterocycles. The van der Waals surface area contributed by atoms with Gasteiger partial charge in [-0.1, -0.05) is 6.92 Å². The number of anilines is 2. The Balaban J connectivity index is 2.02. The van der Waals surface area contributed by atoms with Gasteiger partial charge < -0.3 is 11.1 Å². The van der Waals surface area contributed by atoms with Gasteiger partial charge in [-0.2, -0.15) is 0 Å². The fraction of sp³-hybridized carbons (Fsp3) is 0.545. The smallest absolute Gasteiger partial charge is 0.149 e. The molecule has 1 aliphatic rings. The van der Waals surface area contributed by atoms with Crippen molar-refractivity contribution in [2.45, 2.75) is 32.7 Å². The molecule has 2 rings (SSSR count). The summed E-state index contributed by atoms with van der Waals surface area (Å²) in [5.74, 6) is 1.69. The van der Waals surface area contributed by atoms with E-state index in [4.69, 9.17) is 5.73 Å². The highest BCUT2D eigenvalue weighted by atomic mass is 15.0. The van der Waals surface area contributed by atoms with E-state index in [9.17, 15) is 0 Å². The van der Waals surface area contributed by atoms with Gasteiger partial charge in [0.1, 0.15) is 5.82 Å². The van der Waals surface area contributed by atoms with Crippen LogP contribution in [0.1, 0.15) is 25.3 Å². The molecule has 1 saturated carbocycles. The van der Waals surface area contributed by atoms with Crippen LogP contribution >= 0.6 is 0 Å². The highest BCUT2D eigenvalue weighted by Crippen LogP contribution is 2.30. The third kappa shape index (κ3) is 1.81. The number of aryl methyl sites for hydroxylation is 1. The Labute approximate surface area is 84.7 Å². The summed E-state index contributed by atoms with van der Waals surface area (Å²) in [5, 5.41) is 3.37. The molecule has 0 bridgehead atoms. The number of hydrogen-bond acceptors (Lipinski definition) is 3. The van der Waals surface area contributed by atoms with Gasteiger partial charge in [0.2, 0.25) is 0 Å². The molecule has 3 N–H and O–H groups in total. The van der Waals surface area contributed by atoms with Crippen molar-refractivity contribution in [3.05, 3.63) is 17.8 Å². The van der Waals surface area contributed by atoms with Gasteiger partial charge in [-0.15, -0.1) is 0 Å². The molecule has 3 heteroatoms. The Kier molecular flexibility index (Phi) is 2.32. The standard InChI is InChI=1S/C11H17N3/c1-7-3-9(4-7)14-11-10(12)5-8(2)6-13-11/h5-7,9H,3-4,12H2,1-2H3,(H,13,14). The average Bonchev–Trinajstić information content (AvgIpc) is 2.06. The van der Waals surface area contributed by atoms with E-state index in [0.29, 0.717) is 6.04 Å². The van der Waals surface area contributed by atoms with Crippen LogP contribution in [-0.2, 0) is 0 Å². The van der Waals surface area contributed by atoms with Gasteiger partial charge in [-0.25, -0.2) is 4.98 Å². The van der Waals surface area contributed by atoms with Crippen molar-refractivity contribution in [2.24, 2.45) is 5.92 Å². The largest absolute Gasteiger partial charge is 0.396 e. The predicted molar refractivity (Wildman–Crippen MR) is 59.2 cm³/mol. The molecule has 0 atom stereocenters. The fourth-order valence-corrected chi connectivity index (χ4v) is 1.93.